The molecule has 0 radical (unpaired) electrons. The molecular weight excluding hydrogens is 601 g/mol. The molecule has 0 aliphatic rings. The predicted molar refractivity (Wildman–Crippen MR) is 211 cm³/mol. The lowest BCUT2D eigenvalue weighted by molar-refractivity contribution is 0.377. The Morgan fingerprint density at radius 2 is 0.755 bits per heavy atom. The van der Waals surface area contributed by atoms with E-state index in [4.69, 9.17) is 9.47 Å². The monoisotopic (exact) mass is 671 g/mol. The van der Waals surface area contributed by atoms with Crippen LogP contribution in [0, 0.1) is 0 Å². The molecule has 1 N–H and O–H groups in total. The second-order valence-electron chi connectivity index (χ2n) is 14.3. The topological polar surface area (TPSA) is 38.7 Å². The fourth-order valence-electron chi connectivity index (χ4n) is 7.01. The van der Waals surface area contributed by atoms with Crippen LogP contribution in [0.5, 0.6) is 28.7 Å². The second kappa shape index (κ2) is 25.1. The summed E-state index contributed by atoms with van der Waals surface area (Å²) in [7, 11) is 0. The maximum atomic E-state index is 11.2. The third-order valence-electron chi connectivity index (χ3n) is 10.0. The minimum atomic E-state index is 0.115. The smallest absolute Gasteiger partial charge is 0.211 e. The highest BCUT2D eigenvalue weighted by atomic mass is 16.5. The standard InChI is InChI=1S/C46H70O3/c1-5-9-13-17-21-28-38-30-25-35-43(40(38)32-23-19-15-11-7-3)48-45-37-27-34-42(47)46(45)49-44-36-26-31-39(29-22-18-14-10-6-2)41(44)33-24-20-16-12-8-4/h25-27,30-31,34-37,47H,5-24,28-29,32-33H2,1-4H3. The van der Waals surface area contributed by atoms with Gasteiger partial charge in [-0.05, 0) is 97.9 Å². The molecule has 0 saturated carbocycles. The number of para-hydroxylation sites is 1. The Hall–Kier alpha value is -2.94. The molecule has 272 valence electrons. The zero-order valence-electron chi connectivity index (χ0n) is 31.9. The van der Waals surface area contributed by atoms with Crippen molar-refractivity contribution in [1.29, 1.82) is 0 Å². The first-order valence-corrected chi connectivity index (χ1v) is 20.5. The minimum Gasteiger partial charge on any atom is -0.504 e. The molecule has 0 aliphatic carbocycles. The minimum absolute atomic E-state index is 0.115. The molecule has 0 aromatic heterocycles. The molecular formula is C46H70O3. The SMILES string of the molecule is CCCCCCCc1cccc(Oc2cccc(O)c2Oc2cccc(CCCCCCC)c2CCCCCCC)c1CCCCCCC. The van der Waals surface area contributed by atoms with Gasteiger partial charge in [-0.3, -0.25) is 0 Å². The van der Waals surface area contributed by atoms with E-state index in [0.717, 1.165) is 43.6 Å². The van der Waals surface area contributed by atoms with Gasteiger partial charge in [-0.2, -0.15) is 0 Å². The summed E-state index contributed by atoms with van der Waals surface area (Å²) in [4.78, 5) is 0. The molecule has 49 heavy (non-hydrogen) atoms. The number of rotatable bonds is 28. The first-order valence-electron chi connectivity index (χ1n) is 20.5. The molecule has 0 amide bonds. The predicted octanol–water partition coefficient (Wildman–Crippen LogP) is 15.0. The Bertz CT molecular complexity index is 1300. The van der Waals surface area contributed by atoms with Crippen molar-refractivity contribution in [3.8, 4) is 28.7 Å². The van der Waals surface area contributed by atoms with Crippen molar-refractivity contribution in [3.63, 3.8) is 0 Å². The van der Waals surface area contributed by atoms with Gasteiger partial charge in [0, 0.05) is 0 Å². The Morgan fingerprint density at radius 3 is 1.20 bits per heavy atom. The van der Waals surface area contributed by atoms with Gasteiger partial charge in [-0.15, -0.1) is 0 Å². The number of aryl methyl sites for hydroxylation is 2. The number of ether oxygens (including phenoxy) is 2. The van der Waals surface area contributed by atoms with Gasteiger partial charge in [-0.1, -0.05) is 161 Å². The van der Waals surface area contributed by atoms with E-state index >= 15 is 0 Å². The fourth-order valence-corrected chi connectivity index (χ4v) is 7.01. The number of phenolic OH excluding ortho intramolecular Hbond substituents is 1. The summed E-state index contributed by atoms with van der Waals surface area (Å²) < 4.78 is 13.5. The maximum Gasteiger partial charge on any atom is 0.211 e. The molecule has 0 heterocycles. The Labute approximate surface area is 301 Å². The summed E-state index contributed by atoms with van der Waals surface area (Å²) in [6.07, 6.45) is 29.4. The van der Waals surface area contributed by atoms with Gasteiger partial charge in [0.1, 0.15) is 11.5 Å². The van der Waals surface area contributed by atoms with Crippen LogP contribution in [0.4, 0.5) is 0 Å². The number of benzene rings is 3. The van der Waals surface area contributed by atoms with E-state index in [1.54, 1.807) is 6.07 Å². The van der Waals surface area contributed by atoms with Gasteiger partial charge in [-0.25, -0.2) is 0 Å². The Kier molecular flexibility index (Phi) is 20.7. The first kappa shape index (κ1) is 40.5. The van der Waals surface area contributed by atoms with E-state index in [1.807, 2.05) is 12.1 Å². The van der Waals surface area contributed by atoms with E-state index in [0.29, 0.717) is 11.5 Å². The van der Waals surface area contributed by atoms with Gasteiger partial charge in [0.2, 0.25) is 5.75 Å². The van der Waals surface area contributed by atoms with Crippen LogP contribution < -0.4 is 9.47 Å². The highest BCUT2D eigenvalue weighted by Gasteiger charge is 2.19. The molecule has 0 saturated heterocycles. The van der Waals surface area contributed by atoms with Crippen molar-refractivity contribution < 1.29 is 14.6 Å². The number of phenols is 1. The molecule has 0 atom stereocenters. The van der Waals surface area contributed by atoms with Crippen LogP contribution in [-0.2, 0) is 25.7 Å². The third kappa shape index (κ3) is 14.8. The first-order chi connectivity index (χ1) is 24.1. The molecule has 3 aromatic rings. The summed E-state index contributed by atoms with van der Waals surface area (Å²) in [6, 6.07) is 18.6. The van der Waals surface area contributed by atoms with Crippen LogP contribution in [0.1, 0.15) is 178 Å². The molecule has 0 spiro atoms. The number of aromatic hydroxyl groups is 1. The molecule has 3 aromatic carbocycles. The van der Waals surface area contributed by atoms with Crippen molar-refractivity contribution >= 4 is 0 Å². The zero-order chi connectivity index (χ0) is 34.9. The van der Waals surface area contributed by atoms with E-state index in [9.17, 15) is 5.11 Å². The molecule has 0 bridgehead atoms. The third-order valence-corrected chi connectivity index (χ3v) is 10.0. The van der Waals surface area contributed by atoms with Crippen molar-refractivity contribution in [3.05, 3.63) is 76.9 Å². The molecule has 0 fully saturated rings. The summed E-state index contributed by atoms with van der Waals surface area (Å²) in [5.74, 6) is 2.85. The van der Waals surface area contributed by atoms with Crippen LogP contribution in [0.25, 0.3) is 0 Å². The van der Waals surface area contributed by atoms with Gasteiger partial charge in [0.25, 0.3) is 0 Å². The zero-order valence-corrected chi connectivity index (χ0v) is 31.9. The summed E-state index contributed by atoms with van der Waals surface area (Å²) in [6.45, 7) is 9.10. The van der Waals surface area contributed by atoms with Crippen molar-refractivity contribution in [2.24, 2.45) is 0 Å². The molecule has 3 nitrogen and oxygen atoms in total. The lowest BCUT2D eigenvalue weighted by atomic mass is 9.95. The average Bonchev–Trinajstić information content (AvgIpc) is 3.11. The normalized spacial score (nSPS) is 11.3. The van der Waals surface area contributed by atoms with Crippen molar-refractivity contribution in [2.75, 3.05) is 0 Å². The molecule has 0 aliphatic heterocycles. The lowest BCUT2D eigenvalue weighted by Crippen LogP contribution is -2.02. The molecule has 3 rings (SSSR count). The number of unbranched alkanes of at least 4 members (excludes halogenated alkanes) is 16. The van der Waals surface area contributed by atoms with Crippen LogP contribution in [-0.4, -0.2) is 5.11 Å². The van der Waals surface area contributed by atoms with E-state index in [2.05, 4.69) is 64.1 Å². The van der Waals surface area contributed by atoms with Crippen LogP contribution in [0.3, 0.4) is 0 Å². The quantitative estimate of drug-likeness (QED) is 0.0781. The van der Waals surface area contributed by atoms with Gasteiger partial charge >= 0.3 is 0 Å². The van der Waals surface area contributed by atoms with E-state index < -0.39 is 0 Å². The van der Waals surface area contributed by atoms with E-state index in [1.165, 1.54) is 144 Å². The van der Waals surface area contributed by atoms with E-state index in [-0.39, 0.29) is 5.75 Å². The van der Waals surface area contributed by atoms with Gasteiger partial charge in [0.15, 0.2) is 11.5 Å². The highest BCUT2D eigenvalue weighted by Crippen LogP contribution is 2.44. The summed E-state index contributed by atoms with van der Waals surface area (Å²) in [5, 5.41) is 11.2. The van der Waals surface area contributed by atoms with Crippen molar-refractivity contribution in [1.82, 2.24) is 0 Å². The molecule has 0 unspecified atom stereocenters. The highest BCUT2D eigenvalue weighted by molar-refractivity contribution is 5.56. The number of hydrogen-bond acceptors (Lipinski definition) is 3. The molecule has 3 heteroatoms. The van der Waals surface area contributed by atoms with Crippen LogP contribution in [0.15, 0.2) is 54.6 Å². The maximum absolute atomic E-state index is 11.2. The largest absolute Gasteiger partial charge is 0.504 e. The van der Waals surface area contributed by atoms with Crippen LogP contribution >= 0.6 is 0 Å². The average molecular weight is 671 g/mol. The Morgan fingerprint density at radius 1 is 0.388 bits per heavy atom. The fraction of sp³-hybridized carbons (Fsp3) is 0.609. The Balaban J connectivity index is 1.89. The summed E-state index contributed by atoms with van der Waals surface area (Å²) in [5.41, 5.74) is 5.41. The van der Waals surface area contributed by atoms with Crippen LogP contribution in [0.2, 0.25) is 0 Å². The second-order valence-corrected chi connectivity index (χ2v) is 14.3. The van der Waals surface area contributed by atoms with Gasteiger partial charge < -0.3 is 14.6 Å². The van der Waals surface area contributed by atoms with Gasteiger partial charge in [0.05, 0.1) is 0 Å². The van der Waals surface area contributed by atoms with Crippen molar-refractivity contribution in [2.45, 2.75) is 182 Å². The lowest BCUT2D eigenvalue weighted by Gasteiger charge is -2.20. The summed E-state index contributed by atoms with van der Waals surface area (Å²) >= 11 is 0. The number of hydrogen-bond donors (Lipinski definition) is 1.